The zero-order chi connectivity index (χ0) is 22.0. The van der Waals surface area contributed by atoms with Crippen molar-refractivity contribution in [1.82, 2.24) is 9.97 Å². The predicted octanol–water partition coefficient (Wildman–Crippen LogP) is -1.36. The molecular formula is C20H18IN3O6. The molecule has 3 N–H and O–H groups in total. The van der Waals surface area contributed by atoms with Gasteiger partial charge in [0.2, 0.25) is 0 Å². The van der Waals surface area contributed by atoms with Crippen molar-refractivity contribution in [2.45, 2.75) is 6.92 Å². The molecule has 3 rings (SSSR count). The fraction of sp³-hybridized carbons (Fsp3) is 0.200. The molecule has 0 amide bonds. The van der Waals surface area contributed by atoms with E-state index in [1.807, 2.05) is 14.6 Å². The van der Waals surface area contributed by atoms with Crippen molar-refractivity contribution in [2.75, 3.05) is 11.5 Å². The van der Waals surface area contributed by atoms with Gasteiger partial charge in [-0.2, -0.15) is 0 Å². The maximum atomic E-state index is 11.7. The van der Waals surface area contributed by atoms with Crippen molar-refractivity contribution in [1.29, 1.82) is 0 Å². The van der Waals surface area contributed by atoms with Crippen LogP contribution in [0.2, 0.25) is 0 Å². The molecule has 0 saturated carbocycles. The molecule has 9 nitrogen and oxygen atoms in total. The monoisotopic (exact) mass is 523 g/mol. The molecule has 1 unspecified atom stereocenters. The quantitative estimate of drug-likeness (QED) is 0.240. The Morgan fingerprint density at radius 2 is 1.63 bits per heavy atom. The van der Waals surface area contributed by atoms with Crippen LogP contribution in [0.3, 0.4) is 0 Å². The average Bonchev–Trinajstić information content (AvgIpc) is 2.72. The van der Waals surface area contributed by atoms with Gasteiger partial charge >= 0.3 is 182 Å². The second-order valence-corrected chi connectivity index (χ2v) is 8.70. The van der Waals surface area contributed by atoms with E-state index in [9.17, 15) is 29.7 Å². The molecule has 0 aromatic carbocycles. The van der Waals surface area contributed by atoms with Crippen LogP contribution in [-0.2, 0) is 4.79 Å². The number of alkyl halides is 1. The molecule has 0 saturated heterocycles. The van der Waals surface area contributed by atoms with Crippen molar-refractivity contribution < 1.29 is 54.0 Å². The summed E-state index contributed by atoms with van der Waals surface area (Å²) in [6.07, 6.45) is 2.85. The van der Waals surface area contributed by atoms with E-state index in [2.05, 4.69) is 9.97 Å². The maximum absolute atomic E-state index is 11.7. The van der Waals surface area contributed by atoms with Crippen LogP contribution in [-0.4, -0.2) is 63.2 Å². The number of allylic oxidation sites excluding steroid dienone is 1. The van der Waals surface area contributed by atoms with Crippen LogP contribution < -0.4 is 21.5 Å². The van der Waals surface area contributed by atoms with Crippen LogP contribution in [0.5, 0.6) is 0 Å². The first-order chi connectivity index (χ1) is 14.2. The molecule has 10 heteroatoms. The van der Waals surface area contributed by atoms with E-state index in [0.717, 1.165) is 0 Å². The van der Waals surface area contributed by atoms with E-state index >= 15 is 0 Å². The number of hydrogen-bond acceptors (Lipinski definition) is 5. The molecule has 1 aliphatic rings. The van der Waals surface area contributed by atoms with Crippen molar-refractivity contribution >= 4 is 23.6 Å². The number of rotatable bonds is 6. The topological polar surface area (TPSA) is 141 Å². The van der Waals surface area contributed by atoms with E-state index in [1.54, 1.807) is 6.08 Å². The van der Waals surface area contributed by atoms with Gasteiger partial charge in [0.05, 0.1) is 0 Å². The summed E-state index contributed by atoms with van der Waals surface area (Å²) in [5, 5.41) is 28.3. The van der Waals surface area contributed by atoms with Crippen LogP contribution in [0.1, 0.15) is 33.3 Å². The number of carboxylic acid groups (broad SMARTS) is 3. The zero-order valence-electron chi connectivity index (χ0n) is 16.0. The minimum atomic E-state index is -1.18. The summed E-state index contributed by atoms with van der Waals surface area (Å²) in [6.45, 7) is 2.33. The Bertz CT molecular complexity index is 1130. The van der Waals surface area contributed by atoms with Crippen molar-refractivity contribution in [3.63, 3.8) is 0 Å². The number of carbonyl (C=O) groups is 3. The molecule has 2 aromatic heterocycles. The van der Waals surface area contributed by atoms with E-state index in [-0.39, 0.29) is 34.0 Å². The fourth-order valence-electron chi connectivity index (χ4n) is 3.05. The van der Waals surface area contributed by atoms with Crippen molar-refractivity contribution in [3.8, 4) is 11.4 Å². The Balaban J connectivity index is 2.23. The molecule has 0 radical (unpaired) electrons. The summed E-state index contributed by atoms with van der Waals surface area (Å²) in [6, 6.07) is 5.35. The number of pyridine rings is 2. The molecule has 2 aromatic rings. The molecule has 0 fully saturated rings. The summed E-state index contributed by atoms with van der Waals surface area (Å²) >= 11 is -0.473. The van der Waals surface area contributed by atoms with Crippen LogP contribution >= 0.6 is 0 Å². The number of carboxylic acids is 3. The number of nitrogens with zero attached hydrogens (tertiary/aromatic N) is 3. The van der Waals surface area contributed by atoms with E-state index in [0.29, 0.717) is 18.0 Å². The molecule has 3 heterocycles. The number of aromatic carboxylic acids is 2. The second-order valence-electron chi connectivity index (χ2n) is 6.57. The van der Waals surface area contributed by atoms with Crippen LogP contribution in [0.25, 0.3) is 11.4 Å². The van der Waals surface area contributed by atoms with Crippen LogP contribution in [0.4, 0.5) is 0 Å². The van der Waals surface area contributed by atoms with Gasteiger partial charge in [0, 0.05) is 0 Å². The molecule has 0 spiro atoms. The van der Waals surface area contributed by atoms with Crippen LogP contribution in [0.15, 0.2) is 42.1 Å². The first-order valence-corrected chi connectivity index (χ1v) is 11.9. The van der Waals surface area contributed by atoms with Crippen molar-refractivity contribution in [2.24, 2.45) is 5.92 Å². The molecule has 0 aliphatic carbocycles. The first-order valence-electron chi connectivity index (χ1n) is 8.75. The number of hydrogen-bond donors (Lipinski definition) is 3. The summed E-state index contributed by atoms with van der Waals surface area (Å²) < 4.78 is 2.04. The third-order valence-electron chi connectivity index (χ3n) is 4.57. The third kappa shape index (κ3) is 4.37. The standard InChI is InChI=1S/C20H18IN3O6/c1-10-9-24(21-2)17(8-13(10)20(29)30)16-7-12(19(27)28)6-15(23-16)14-5-11(18(25)26)3-4-22-14/h3-8,10H,9H2,1-2H3,(H,25,26)(H,27,28)(H,29,30). The van der Waals surface area contributed by atoms with E-state index < -0.39 is 39.4 Å². The Labute approximate surface area is 182 Å². The summed E-state index contributed by atoms with van der Waals surface area (Å²) in [4.78, 5) is 45.3. The van der Waals surface area contributed by atoms with Gasteiger partial charge in [-0.1, -0.05) is 0 Å². The van der Waals surface area contributed by atoms with E-state index in [4.69, 9.17) is 0 Å². The first kappa shape index (κ1) is 21.6. The van der Waals surface area contributed by atoms with Gasteiger partial charge < -0.3 is 0 Å². The van der Waals surface area contributed by atoms with Gasteiger partial charge in [-0.15, -0.1) is 0 Å². The SMILES string of the molecule is C[I-][N+]1=C(c2cc(C(=O)O)cc(-c3cc(C(=O)O)ccn3)n2)C=C(C(=O)O)C(C)C1. The van der Waals surface area contributed by atoms with Gasteiger partial charge in [-0.25, -0.2) is 0 Å². The zero-order valence-corrected chi connectivity index (χ0v) is 18.2. The Morgan fingerprint density at radius 1 is 1.00 bits per heavy atom. The Kier molecular flexibility index (Phi) is 6.25. The molecule has 0 bridgehead atoms. The van der Waals surface area contributed by atoms with Gasteiger partial charge in [0.1, 0.15) is 0 Å². The molecule has 30 heavy (non-hydrogen) atoms. The molecule has 1 aliphatic heterocycles. The summed E-state index contributed by atoms with van der Waals surface area (Å²) in [7, 11) is 0. The molecule has 156 valence electrons. The van der Waals surface area contributed by atoms with Gasteiger partial charge in [0.25, 0.3) is 0 Å². The summed E-state index contributed by atoms with van der Waals surface area (Å²) in [5.74, 6) is -3.53. The molecular weight excluding hydrogens is 505 g/mol. The summed E-state index contributed by atoms with van der Waals surface area (Å²) in [5.41, 5.74) is 1.43. The molecule has 1 atom stereocenters. The van der Waals surface area contributed by atoms with Crippen molar-refractivity contribution in [3.05, 3.63) is 58.9 Å². The predicted molar refractivity (Wildman–Crippen MR) is 101 cm³/mol. The third-order valence-corrected chi connectivity index (χ3v) is 6.65. The van der Waals surface area contributed by atoms with E-state index in [1.165, 1.54) is 30.5 Å². The number of halogens is 1. The fourth-order valence-corrected chi connectivity index (χ4v) is 4.94. The van der Waals surface area contributed by atoms with Gasteiger partial charge in [-0.3, -0.25) is 0 Å². The van der Waals surface area contributed by atoms with Crippen LogP contribution in [0, 0.1) is 5.92 Å². The number of aliphatic carboxylic acids is 1. The average molecular weight is 523 g/mol. The van der Waals surface area contributed by atoms with Gasteiger partial charge in [0.15, 0.2) is 0 Å². The number of aromatic nitrogens is 2. The minimum absolute atomic E-state index is 0.00247. The Morgan fingerprint density at radius 3 is 2.23 bits per heavy atom. The second kappa shape index (κ2) is 8.69. The normalized spacial score (nSPS) is 16.3. The van der Waals surface area contributed by atoms with Gasteiger partial charge in [-0.05, 0) is 0 Å². The Hall–Kier alpha value is -3.15.